The quantitative estimate of drug-likeness (QED) is 0.308. The van der Waals surface area contributed by atoms with Gasteiger partial charge in [0.15, 0.2) is 33.6 Å². The lowest BCUT2D eigenvalue weighted by atomic mass is 10.2. The third-order valence-corrected chi connectivity index (χ3v) is 6.96. The Balaban J connectivity index is 1.49. The number of carbonyl (C=O) groups is 1. The standard InChI is InChI=1S/C21H21N7O4S2/c1-11(29)19(30)23-3-2-5-28-18-16(17(22)25-9-26-18)27-21(28)34-15-8-14-13(31-10-32-14)7-12(15)20-24-4-6-33-20/h4,6-9,11,29H,2-3,5,10H2,1H3,(H,23,30)(H2,22,25,26)/t11-/m0/s1. The second kappa shape index (κ2) is 9.44. The highest BCUT2D eigenvalue weighted by molar-refractivity contribution is 7.99. The summed E-state index contributed by atoms with van der Waals surface area (Å²) in [5.74, 6) is 1.21. The molecule has 1 aliphatic heterocycles. The highest BCUT2D eigenvalue weighted by Crippen LogP contribution is 2.45. The molecule has 0 saturated heterocycles. The SMILES string of the molecule is C[C@H](O)C(=O)NCCCn1c(Sc2cc3c(cc2-c2nccs2)OCO3)nc2c(N)ncnc21. The summed E-state index contributed by atoms with van der Waals surface area (Å²) in [4.78, 5) is 30.2. The van der Waals surface area contributed by atoms with E-state index in [1.54, 1.807) is 6.20 Å². The summed E-state index contributed by atoms with van der Waals surface area (Å²) in [6.45, 7) is 2.51. The number of nitrogens with two attached hydrogens (primary N) is 1. The van der Waals surface area contributed by atoms with Crippen molar-refractivity contribution in [1.29, 1.82) is 0 Å². The van der Waals surface area contributed by atoms with Crippen LogP contribution in [0.15, 0.2) is 40.1 Å². The number of ether oxygens (including phenoxy) is 2. The summed E-state index contributed by atoms with van der Waals surface area (Å²) in [7, 11) is 0. The van der Waals surface area contributed by atoms with Crippen molar-refractivity contribution < 1.29 is 19.4 Å². The molecule has 34 heavy (non-hydrogen) atoms. The number of nitrogens with zero attached hydrogens (tertiary/aromatic N) is 5. The second-order valence-electron chi connectivity index (χ2n) is 7.44. The minimum atomic E-state index is -1.05. The van der Waals surface area contributed by atoms with Crippen molar-refractivity contribution in [3.05, 3.63) is 30.0 Å². The van der Waals surface area contributed by atoms with Gasteiger partial charge in [-0.2, -0.15) is 0 Å². The van der Waals surface area contributed by atoms with Gasteiger partial charge in [0.2, 0.25) is 12.7 Å². The number of anilines is 1. The summed E-state index contributed by atoms with van der Waals surface area (Å²) < 4.78 is 13.1. The predicted octanol–water partition coefficient (Wildman–Crippen LogP) is 2.30. The number of aryl methyl sites for hydroxylation is 1. The molecular weight excluding hydrogens is 478 g/mol. The molecular formula is C21H21N7O4S2. The van der Waals surface area contributed by atoms with Crippen molar-refractivity contribution >= 4 is 46.0 Å². The van der Waals surface area contributed by atoms with Crippen LogP contribution in [-0.4, -0.2) is 55.0 Å². The van der Waals surface area contributed by atoms with Crippen molar-refractivity contribution in [2.45, 2.75) is 36.0 Å². The van der Waals surface area contributed by atoms with E-state index in [2.05, 4.69) is 20.3 Å². The van der Waals surface area contributed by atoms with Crippen LogP contribution in [0.5, 0.6) is 11.5 Å². The third-order valence-electron chi connectivity index (χ3n) is 5.10. The van der Waals surface area contributed by atoms with Crippen LogP contribution >= 0.6 is 23.1 Å². The van der Waals surface area contributed by atoms with E-state index in [0.717, 1.165) is 15.5 Å². The molecule has 176 valence electrons. The Hall–Kier alpha value is -3.42. The number of amides is 1. The zero-order valence-electron chi connectivity index (χ0n) is 18.1. The number of nitrogens with one attached hydrogen (secondary N) is 1. The summed E-state index contributed by atoms with van der Waals surface area (Å²) in [5.41, 5.74) is 8.10. The first-order valence-electron chi connectivity index (χ1n) is 10.4. The number of rotatable bonds is 8. The van der Waals surface area contributed by atoms with E-state index in [1.807, 2.05) is 22.1 Å². The van der Waals surface area contributed by atoms with E-state index in [1.165, 1.54) is 36.3 Å². The van der Waals surface area contributed by atoms with E-state index in [4.69, 9.17) is 20.2 Å². The number of hydrogen-bond donors (Lipinski definition) is 3. The largest absolute Gasteiger partial charge is 0.454 e. The van der Waals surface area contributed by atoms with E-state index in [0.29, 0.717) is 53.1 Å². The van der Waals surface area contributed by atoms with Gasteiger partial charge in [0.05, 0.1) is 0 Å². The van der Waals surface area contributed by atoms with Crippen LogP contribution in [0.2, 0.25) is 0 Å². The lowest BCUT2D eigenvalue weighted by Gasteiger charge is -2.12. The molecule has 11 nitrogen and oxygen atoms in total. The zero-order chi connectivity index (χ0) is 23.7. The molecule has 13 heteroatoms. The number of aliphatic hydroxyl groups is 1. The Bertz CT molecular complexity index is 1340. The van der Waals surface area contributed by atoms with Crippen LogP contribution in [0.3, 0.4) is 0 Å². The molecule has 0 spiro atoms. The summed E-state index contributed by atoms with van der Waals surface area (Å²) >= 11 is 2.97. The minimum absolute atomic E-state index is 0.170. The van der Waals surface area contributed by atoms with E-state index < -0.39 is 12.0 Å². The molecule has 4 N–H and O–H groups in total. The van der Waals surface area contributed by atoms with E-state index in [-0.39, 0.29) is 6.79 Å². The molecule has 4 heterocycles. The molecule has 1 atom stereocenters. The smallest absolute Gasteiger partial charge is 0.248 e. The van der Waals surface area contributed by atoms with Gasteiger partial charge >= 0.3 is 0 Å². The fourth-order valence-electron chi connectivity index (χ4n) is 3.44. The van der Waals surface area contributed by atoms with Crippen molar-refractivity contribution in [3.63, 3.8) is 0 Å². The summed E-state index contributed by atoms with van der Waals surface area (Å²) in [6, 6.07) is 3.85. The maximum atomic E-state index is 11.7. The van der Waals surface area contributed by atoms with E-state index in [9.17, 15) is 9.90 Å². The summed E-state index contributed by atoms with van der Waals surface area (Å²) in [6.07, 6.45) is 2.71. The van der Waals surface area contributed by atoms with Crippen molar-refractivity contribution in [3.8, 4) is 22.1 Å². The number of benzene rings is 1. The highest BCUT2D eigenvalue weighted by Gasteiger charge is 2.23. The normalized spacial score (nSPS) is 13.4. The maximum Gasteiger partial charge on any atom is 0.248 e. The lowest BCUT2D eigenvalue weighted by Crippen LogP contribution is -2.33. The Morgan fingerprint density at radius 2 is 2.15 bits per heavy atom. The van der Waals surface area contributed by atoms with Crippen LogP contribution in [0.4, 0.5) is 5.82 Å². The van der Waals surface area contributed by atoms with Gasteiger partial charge in [0, 0.05) is 35.1 Å². The maximum absolute atomic E-state index is 11.7. The van der Waals surface area contributed by atoms with Gasteiger partial charge in [0.25, 0.3) is 0 Å². The fourth-order valence-corrected chi connectivity index (χ4v) is 5.23. The molecule has 0 fully saturated rings. The average Bonchev–Trinajstić information content (AvgIpc) is 3.57. The molecule has 3 aromatic heterocycles. The van der Waals surface area contributed by atoms with Crippen LogP contribution in [0.1, 0.15) is 13.3 Å². The van der Waals surface area contributed by atoms with Crippen molar-refractivity contribution in [2.24, 2.45) is 0 Å². The number of nitrogen functional groups attached to an aromatic ring is 1. The molecule has 0 aliphatic carbocycles. The highest BCUT2D eigenvalue weighted by atomic mass is 32.2. The van der Waals surface area contributed by atoms with Crippen molar-refractivity contribution in [2.75, 3.05) is 19.1 Å². The van der Waals surface area contributed by atoms with Gasteiger partial charge in [-0.15, -0.1) is 11.3 Å². The minimum Gasteiger partial charge on any atom is -0.454 e. The van der Waals surface area contributed by atoms with Crippen LogP contribution in [0.25, 0.3) is 21.7 Å². The molecule has 0 saturated carbocycles. The lowest BCUT2D eigenvalue weighted by molar-refractivity contribution is -0.128. The van der Waals surface area contributed by atoms with Gasteiger partial charge in [-0.3, -0.25) is 4.79 Å². The molecule has 0 unspecified atom stereocenters. The van der Waals surface area contributed by atoms with Crippen LogP contribution in [-0.2, 0) is 11.3 Å². The third kappa shape index (κ3) is 4.36. The van der Waals surface area contributed by atoms with Gasteiger partial charge in [-0.05, 0) is 25.5 Å². The van der Waals surface area contributed by atoms with Crippen molar-refractivity contribution in [1.82, 2.24) is 29.8 Å². The Morgan fingerprint density at radius 3 is 2.91 bits per heavy atom. The molecule has 0 bridgehead atoms. The van der Waals surface area contributed by atoms with Gasteiger partial charge < -0.3 is 30.2 Å². The number of aromatic nitrogens is 5. The Kier molecular flexibility index (Phi) is 6.22. The number of fused-ring (bicyclic) bond motifs is 2. The van der Waals surface area contributed by atoms with Crippen LogP contribution in [0, 0.1) is 0 Å². The molecule has 0 radical (unpaired) electrons. The van der Waals surface area contributed by atoms with Gasteiger partial charge in [0.1, 0.15) is 17.4 Å². The Morgan fingerprint density at radius 1 is 1.32 bits per heavy atom. The number of imidazole rings is 1. The monoisotopic (exact) mass is 499 g/mol. The summed E-state index contributed by atoms with van der Waals surface area (Å²) in [5, 5.41) is 15.5. The predicted molar refractivity (Wildman–Crippen MR) is 127 cm³/mol. The fraction of sp³-hybridized carbons (Fsp3) is 0.286. The Labute approximate surface area is 202 Å². The molecule has 1 aromatic carbocycles. The van der Waals surface area contributed by atoms with Crippen LogP contribution < -0.4 is 20.5 Å². The molecule has 5 rings (SSSR count). The number of thiazole rings is 1. The number of aliphatic hydroxyl groups excluding tert-OH is 1. The first-order valence-corrected chi connectivity index (χ1v) is 12.1. The molecule has 4 aromatic rings. The number of hydrogen-bond acceptors (Lipinski definition) is 11. The van der Waals surface area contributed by atoms with Gasteiger partial charge in [-0.1, -0.05) is 11.8 Å². The first-order chi connectivity index (χ1) is 16.5. The second-order valence-corrected chi connectivity index (χ2v) is 9.34. The van der Waals surface area contributed by atoms with E-state index >= 15 is 0 Å². The van der Waals surface area contributed by atoms with Gasteiger partial charge in [-0.25, -0.2) is 19.9 Å². The number of carbonyl (C=O) groups excluding carboxylic acids is 1. The molecule has 1 amide bonds. The zero-order valence-corrected chi connectivity index (χ0v) is 19.7. The molecule has 1 aliphatic rings. The average molecular weight is 500 g/mol. The topological polar surface area (TPSA) is 150 Å². The first kappa shape index (κ1) is 22.4.